The van der Waals surface area contributed by atoms with Crippen molar-refractivity contribution in [3.63, 3.8) is 0 Å². The molecule has 0 aliphatic carbocycles. The predicted molar refractivity (Wildman–Crippen MR) is 41.1 cm³/mol. The van der Waals surface area contributed by atoms with Crippen LogP contribution in [0.5, 0.6) is 0 Å². The molecule has 10 nitrogen and oxygen atoms in total. The van der Waals surface area contributed by atoms with Gasteiger partial charge in [-0.25, -0.2) is 0 Å². The molecule has 0 atom stereocenters. The van der Waals surface area contributed by atoms with Gasteiger partial charge in [-0.05, 0) is 6.92 Å². The van der Waals surface area contributed by atoms with Crippen LogP contribution in [0.25, 0.3) is 0 Å². The standard InChI is InChI=1S/C4H10O2.2HNO3/c1-2-6-4-3-5;2*2-1(3)4/h5H,2-4H2,1H3;2*(H,2,3,4). The van der Waals surface area contributed by atoms with Crippen LogP contribution in [-0.2, 0) is 4.74 Å². The Morgan fingerprint density at radius 1 is 1.21 bits per heavy atom. The first-order valence-corrected chi connectivity index (χ1v) is 3.23. The number of nitrogens with zero attached hydrogens (tertiary/aromatic N) is 2. The summed E-state index contributed by atoms with van der Waals surface area (Å²) in [6, 6.07) is 0. The van der Waals surface area contributed by atoms with E-state index >= 15 is 0 Å². The van der Waals surface area contributed by atoms with Crippen molar-refractivity contribution in [3.8, 4) is 0 Å². The molecule has 0 radical (unpaired) electrons. The Balaban J connectivity index is -0.000000135. The molecule has 10 heteroatoms. The van der Waals surface area contributed by atoms with Crippen molar-refractivity contribution in [1.29, 1.82) is 0 Å². The van der Waals surface area contributed by atoms with Gasteiger partial charge in [-0.1, -0.05) is 0 Å². The molecule has 0 spiro atoms. The van der Waals surface area contributed by atoms with Crippen LogP contribution in [0.4, 0.5) is 0 Å². The summed E-state index contributed by atoms with van der Waals surface area (Å²) in [6.07, 6.45) is 0. The van der Waals surface area contributed by atoms with E-state index in [1.165, 1.54) is 0 Å². The van der Waals surface area contributed by atoms with E-state index in [1.54, 1.807) is 0 Å². The first-order valence-electron chi connectivity index (χ1n) is 3.23. The maximum Gasteiger partial charge on any atom is 0.291 e. The molecule has 86 valence electrons. The SMILES string of the molecule is CCOCCO.O=[N+]([O-])O.O=[N+]([O-])O. The van der Waals surface area contributed by atoms with Gasteiger partial charge in [0.25, 0.3) is 10.2 Å². The van der Waals surface area contributed by atoms with Gasteiger partial charge in [-0.2, -0.15) is 0 Å². The van der Waals surface area contributed by atoms with Crippen LogP contribution in [0.15, 0.2) is 0 Å². The van der Waals surface area contributed by atoms with Crippen molar-refractivity contribution < 1.29 is 30.4 Å². The van der Waals surface area contributed by atoms with Crippen LogP contribution in [0.3, 0.4) is 0 Å². The van der Waals surface area contributed by atoms with Crippen LogP contribution < -0.4 is 0 Å². The summed E-state index contributed by atoms with van der Waals surface area (Å²) < 4.78 is 4.73. The van der Waals surface area contributed by atoms with Crippen molar-refractivity contribution in [2.75, 3.05) is 19.8 Å². The quantitative estimate of drug-likeness (QED) is 0.318. The highest BCUT2D eigenvalue weighted by atomic mass is 16.9. The van der Waals surface area contributed by atoms with E-state index < -0.39 is 10.2 Å². The second kappa shape index (κ2) is 17.4. The number of aliphatic hydroxyl groups is 1. The van der Waals surface area contributed by atoms with E-state index in [1.807, 2.05) is 6.92 Å². The van der Waals surface area contributed by atoms with Gasteiger partial charge >= 0.3 is 0 Å². The summed E-state index contributed by atoms with van der Waals surface area (Å²) in [5.74, 6) is 0. The fourth-order valence-electron chi connectivity index (χ4n) is 0.209. The molecule has 0 unspecified atom stereocenters. The molecule has 3 N–H and O–H groups in total. The molecule has 0 aromatic rings. The van der Waals surface area contributed by atoms with Crippen LogP contribution >= 0.6 is 0 Å². The highest BCUT2D eigenvalue weighted by molar-refractivity contribution is 4.18. The number of hydrogen-bond donors (Lipinski definition) is 3. The van der Waals surface area contributed by atoms with E-state index in [9.17, 15) is 0 Å². The average molecular weight is 216 g/mol. The van der Waals surface area contributed by atoms with E-state index in [-0.39, 0.29) is 6.61 Å². The third-order valence-corrected chi connectivity index (χ3v) is 0.440. The lowest BCUT2D eigenvalue weighted by Gasteiger charge is -1.91. The van der Waals surface area contributed by atoms with Crippen LogP contribution in [0.1, 0.15) is 6.92 Å². The summed E-state index contributed by atoms with van der Waals surface area (Å²) in [5.41, 5.74) is 0. The first kappa shape index (κ1) is 18.2. The smallest absolute Gasteiger partial charge is 0.291 e. The van der Waals surface area contributed by atoms with Gasteiger partial charge in [-0.3, -0.25) is 0 Å². The molecule has 0 rings (SSSR count). The van der Waals surface area contributed by atoms with Gasteiger partial charge in [0.1, 0.15) is 0 Å². The maximum absolute atomic E-state index is 8.36. The molecule has 0 saturated heterocycles. The average Bonchev–Trinajstić information content (AvgIpc) is 1.98. The molecular weight excluding hydrogens is 204 g/mol. The van der Waals surface area contributed by atoms with Gasteiger partial charge in [0, 0.05) is 6.61 Å². The minimum Gasteiger partial charge on any atom is -0.394 e. The second-order valence-electron chi connectivity index (χ2n) is 1.40. The zero-order chi connectivity index (χ0) is 12.0. The molecule has 0 heterocycles. The number of ether oxygens (including phenoxy) is 1. The van der Waals surface area contributed by atoms with Crippen LogP contribution in [0.2, 0.25) is 0 Å². The lowest BCUT2D eigenvalue weighted by atomic mass is 10.8. The van der Waals surface area contributed by atoms with E-state index in [4.69, 9.17) is 40.5 Å². The summed E-state index contributed by atoms with van der Waals surface area (Å²) >= 11 is 0. The molecule has 0 aliphatic heterocycles. The Morgan fingerprint density at radius 3 is 1.57 bits per heavy atom. The minimum atomic E-state index is -1.50. The monoisotopic (exact) mass is 216 g/mol. The van der Waals surface area contributed by atoms with Gasteiger partial charge in [0.15, 0.2) is 0 Å². The first-order chi connectivity index (χ1) is 6.38. The van der Waals surface area contributed by atoms with Crippen molar-refractivity contribution in [2.45, 2.75) is 6.92 Å². The largest absolute Gasteiger partial charge is 0.394 e. The van der Waals surface area contributed by atoms with Gasteiger partial charge in [0.2, 0.25) is 0 Å². The molecule has 0 saturated carbocycles. The van der Waals surface area contributed by atoms with E-state index in [0.29, 0.717) is 13.2 Å². The third-order valence-electron chi connectivity index (χ3n) is 0.440. The summed E-state index contributed by atoms with van der Waals surface area (Å²) in [6.45, 7) is 3.20. The predicted octanol–water partition coefficient (Wildman–Crippen LogP) is -0.680. The zero-order valence-corrected chi connectivity index (χ0v) is 7.40. The lowest BCUT2D eigenvalue weighted by molar-refractivity contribution is -0.742. The molecule has 0 fully saturated rings. The topological polar surface area (TPSA) is 156 Å². The highest BCUT2D eigenvalue weighted by Crippen LogP contribution is 1.66. The Hall–Kier alpha value is -1.68. The second-order valence-corrected chi connectivity index (χ2v) is 1.40. The molecule has 14 heavy (non-hydrogen) atoms. The number of rotatable bonds is 3. The van der Waals surface area contributed by atoms with E-state index in [2.05, 4.69) is 0 Å². The number of aliphatic hydroxyl groups excluding tert-OH is 1. The molecule has 0 aromatic heterocycles. The van der Waals surface area contributed by atoms with Gasteiger partial charge < -0.3 is 20.3 Å². The minimum absolute atomic E-state index is 0.133. The van der Waals surface area contributed by atoms with Crippen molar-refractivity contribution in [3.05, 3.63) is 20.2 Å². The van der Waals surface area contributed by atoms with Gasteiger partial charge in [0.05, 0.1) is 13.2 Å². The Kier molecular flexibility index (Phi) is 22.6. The fraction of sp³-hybridized carbons (Fsp3) is 1.00. The molecule has 0 aliphatic rings. The van der Waals surface area contributed by atoms with Crippen molar-refractivity contribution >= 4 is 0 Å². The Bertz CT molecular complexity index is 115. The molecular formula is C4H12N2O8. The maximum atomic E-state index is 8.36. The normalized spacial score (nSPS) is 7.29. The Labute approximate surface area is 78.6 Å². The fourth-order valence-corrected chi connectivity index (χ4v) is 0.209. The molecule has 0 amide bonds. The highest BCUT2D eigenvalue weighted by Gasteiger charge is 1.73. The van der Waals surface area contributed by atoms with E-state index in [0.717, 1.165) is 0 Å². The van der Waals surface area contributed by atoms with Crippen molar-refractivity contribution in [2.24, 2.45) is 0 Å². The lowest BCUT2D eigenvalue weighted by Crippen LogP contribution is -1.96. The van der Waals surface area contributed by atoms with Gasteiger partial charge in [-0.15, -0.1) is 20.2 Å². The Morgan fingerprint density at radius 2 is 1.50 bits per heavy atom. The summed E-state index contributed by atoms with van der Waals surface area (Å²) in [4.78, 5) is 16.7. The molecule has 0 aromatic carbocycles. The van der Waals surface area contributed by atoms with Crippen LogP contribution in [-0.4, -0.2) is 45.5 Å². The van der Waals surface area contributed by atoms with Crippen LogP contribution in [0, 0.1) is 20.2 Å². The summed E-state index contributed by atoms with van der Waals surface area (Å²) in [5, 5.41) is 35.4. The molecule has 0 bridgehead atoms. The number of hydrogen-bond acceptors (Lipinski definition) is 6. The zero-order valence-electron chi connectivity index (χ0n) is 7.40. The summed E-state index contributed by atoms with van der Waals surface area (Å²) in [7, 11) is 0. The van der Waals surface area contributed by atoms with Crippen molar-refractivity contribution in [1.82, 2.24) is 0 Å². The third kappa shape index (κ3) is 514.